The fraction of sp³-hybridized carbons (Fsp3) is 0.294. The van der Waals surface area contributed by atoms with Crippen molar-refractivity contribution >= 4 is 10.8 Å². The second kappa shape index (κ2) is 6.96. The molecule has 21 heavy (non-hydrogen) atoms. The van der Waals surface area contributed by atoms with Gasteiger partial charge in [0.15, 0.2) is 0 Å². The van der Waals surface area contributed by atoms with Crippen LogP contribution in [-0.2, 0) is 28.9 Å². The van der Waals surface area contributed by atoms with Gasteiger partial charge in [-0.3, -0.25) is 4.21 Å². The van der Waals surface area contributed by atoms with Gasteiger partial charge in [-0.05, 0) is 42.7 Å². The third kappa shape index (κ3) is 4.48. The van der Waals surface area contributed by atoms with Crippen molar-refractivity contribution in [3.8, 4) is 0 Å². The van der Waals surface area contributed by atoms with E-state index in [1.54, 1.807) is 6.07 Å². The van der Waals surface area contributed by atoms with Crippen LogP contribution in [0.5, 0.6) is 0 Å². The van der Waals surface area contributed by atoms with Crippen LogP contribution in [0.4, 0.5) is 4.39 Å². The minimum atomic E-state index is -1.04. The van der Waals surface area contributed by atoms with E-state index in [1.807, 2.05) is 13.8 Å². The third-order valence-corrected chi connectivity index (χ3v) is 4.60. The van der Waals surface area contributed by atoms with E-state index in [-0.39, 0.29) is 12.4 Å². The largest absolute Gasteiger partial charge is 0.326 e. The van der Waals surface area contributed by atoms with Gasteiger partial charge in [0.1, 0.15) is 5.82 Å². The van der Waals surface area contributed by atoms with E-state index >= 15 is 0 Å². The lowest BCUT2D eigenvalue weighted by Gasteiger charge is -2.09. The summed E-state index contributed by atoms with van der Waals surface area (Å²) in [4.78, 5) is 0. The van der Waals surface area contributed by atoms with Gasteiger partial charge >= 0.3 is 0 Å². The molecule has 0 saturated carbocycles. The van der Waals surface area contributed by atoms with Crippen molar-refractivity contribution in [1.29, 1.82) is 0 Å². The monoisotopic (exact) mass is 305 g/mol. The Balaban J connectivity index is 2.11. The second-order valence-electron chi connectivity index (χ2n) is 5.34. The lowest BCUT2D eigenvalue weighted by Crippen LogP contribution is -2.06. The minimum absolute atomic E-state index is 0.258. The number of hydrogen-bond donors (Lipinski definition) is 1. The maximum absolute atomic E-state index is 13.2. The molecular weight excluding hydrogens is 285 g/mol. The highest BCUT2D eigenvalue weighted by Gasteiger charge is 2.09. The first-order valence-corrected chi connectivity index (χ1v) is 8.36. The molecule has 2 rings (SSSR count). The van der Waals surface area contributed by atoms with Gasteiger partial charge in [-0.1, -0.05) is 35.4 Å². The molecule has 112 valence electrons. The first-order valence-electron chi connectivity index (χ1n) is 6.87. The van der Waals surface area contributed by atoms with Gasteiger partial charge in [-0.25, -0.2) is 4.39 Å². The van der Waals surface area contributed by atoms with Crippen LogP contribution in [0.15, 0.2) is 36.4 Å². The van der Waals surface area contributed by atoms with Crippen molar-refractivity contribution in [2.24, 2.45) is 5.73 Å². The topological polar surface area (TPSA) is 43.1 Å². The molecule has 1 atom stereocenters. The maximum Gasteiger partial charge on any atom is 0.123 e. The van der Waals surface area contributed by atoms with Crippen LogP contribution in [0, 0.1) is 19.7 Å². The Hall–Kier alpha value is -1.52. The zero-order valence-electron chi connectivity index (χ0n) is 12.4. The van der Waals surface area contributed by atoms with Crippen LogP contribution in [0.3, 0.4) is 0 Å². The Morgan fingerprint density at radius 1 is 1.00 bits per heavy atom. The van der Waals surface area contributed by atoms with Crippen LogP contribution in [-0.4, -0.2) is 4.21 Å². The number of hydrogen-bond acceptors (Lipinski definition) is 2. The summed E-state index contributed by atoms with van der Waals surface area (Å²) in [5.74, 6) is 0.600. The Morgan fingerprint density at radius 2 is 1.67 bits per heavy atom. The number of rotatable bonds is 5. The summed E-state index contributed by atoms with van der Waals surface area (Å²) >= 11 is 0. The fourth-order valence-electron chi connectivity index (χ4n) is 2.49. The summed E-state index contributed by atoms with van der Waals surface area (Å²) in [6.07, 6.45) is 0. The van der Waals surface area contributed by atoms with Crippen molar-refractivity contribution < 1.29 is 8.60 Å². The highest BCUT2D eigenvalue weighted by molar-refractivity contribution is 7.83. The molecule has 0 aliphatic heterocycles. The third-order valence-electron chi connectivity index (χ3n) is 3.31. The molecule has 0 fully saturated rings. The molecule has 0 aliphatic rings. The van der Waals surface area contributed by atoms with E-state index < -0.39 is 10.8 Å². The van der Waals surface area contributed by atoms with Crippen LogP contribution in [0.25, 0.3) is 0 Å². The molecule has 0 spiro atoms. The molecule has 4 heteroatoms. The summed E-state index contributed by atoms with van der Waals surface area (Å²) in [6.45, 7) is 4.33. The SMILES string of the molecule is Cc1cc(C)cc(CS(=O)Cc2ccc(F)cc2CN)c1. The molecule has 0 aliphatic carbocycles. The number of halogens is 1. The van der Waals surface area contributed by atoms with Crippen LogP contribution >= 0.6 is 0 Å². The smallest absolute Gasteiger partial charge is 0.123 e. The second-order valence-corrected chi connectivity index (χ2v) is 6.80. The van der Waals surface area contributed by atoms with Crippen molar-refractivity contribution in [2.45, 2.75) is 31.9 Å². The van der Waals surface area contributed by atoms with E-state index in [2.05, 4.69) is 18.2 Å². The minimum Gasteiger partial charge on any atom is -0.326 e. The van der Waals surface area contributed by atoms with Crippen molar-refractivity contribution in [2.75, 3.05) is 0 Å². The van der Waals surface area contributed by atoms with Gasteiger partial charge in [-0.2, -0.15) is 0 Å². The van der Waals surface area contributed by atoms with Gasteiger partial charge in [-0.15, -0.1) is 0 Å². The van der Waals surface area contributed by atoms with E-state index in [1.165, 1.54) is 23.3 Å². The zero-order valence-corrected chi connectivity index (χ0v) is 13.2. The molecule has 0 radical (unpaired) electrons. The first-order chi connectivity index (χ1) is 9.97. The van der Waals surface area contributed by atoms with Crippen LogP contribution in [0.2, 0.25) is 0 Å². The summed E-state index contributed by atoms with van der Waals surface area (Å²) in [5.41, 5.74) is 10.6. The molecule has 1 unspecified atom stereocenters. The van der Waals surface area contributed by atoms with E-state index in [0.717, 1.165) is 16.7 Å². The Bertz CT molecular complexity index is 650. The zero-order chi connectivity index (χ0) is 15.4. The summed E-state index contributed by atoms with van der Waals surface area (Å²) in [7, 11) is -1.04. The lowest BCUT2D eigenvalue weighted by molar-refractivity contribution is 0.624. The van der Waals surface area contributed by atoms with Crippen molar-refractivity contribution in [3.63, 3.8) is 0 Å². The highest BCUT2D eigenvalue weighted by atomic mass is 32.2. The van der Waals surface area contributed by atoms with Gasteiger partial charge in [0.25, 0.3) is 0 Å². The number of nitrogens with two attached hydrogens (primary N) is 1. The normalized spacial score (nSPS) is 12.4. The van der Waals surface area contributed by atoms with E-state index in [0.29, 0.717) is 11.5 Å². The maximum atomic E-state index is 13.2. The summed E-state index contributed by atoms with van der Waals surface area (Å²) in [6, 6.07) is 10.7. The molecule has 2 aromatic carbocycles. The molecule has 0 amide bonds. The fourth-order valence-corrected chi connectivity index (χ4v) is 3.76. The van der Waals surface area contributed by atoms with E-state index in [9.17, 15) is 8.60 Å². The van der Waals surface area contributed by atoms with Gasteiger partial charge < -0.3 is 5.73 Å². The first kappa shape index (κ1) is 15.9. The average Bonchev–Trinajstić information content (AvgIpc) is 2.39. The molecule has 0 saturated heterocycles. The molecule has 2 N–H and O–H groups in total. The van der Waals surface area contributed by atoms with Crippen molar-refractivity contribution in [3.05, 3.63) is 70.0 Å². The van der Waals surface area contributed by atoms with E-state index in [4.69, 9.17) is 5.73 Å². The molecular formula is C17H20FNOS. The van der Waals surface area contributed by atoms with Gasteiger partial charge in [0, 0.05) is 28.9 Å². The predicted octanol–water partition coefficient (Wildman–Crippen LogP) is 3.35. The quantitative estimate of drug-likeness (QED) is 0.920. The predicted molar refractivity (Wildman–Crippen MR) is 85.8 cm³/mol. The Morgan fingerprint density at radius 3 is 2.29 bits per heavy atom. The molecule has 0 bridgehead atoms. The Kier molecular flexibility index (Phi) is 5.26. The highest BCUT2D eigenvalue weighted by Crippen LogP contribution is 2.16. The summed E-state index contributed by atoms with van der Waals surface area (Å²) in [5, 5.41) is 0. The molecule has 2 nitrogen and oxygen atoms in total. The van der Waals surface area contributed by atoms with Gasteiger partial charge in [0.2, 0.25) is 0 Å². The Labute approximate surface area is 127 Å². The summed E-state index contributed by atoms with van der Waals surface area (Å²) < 4.78 is 25.5. The molecule has 0 aromatic heterocycles. The standard InChI is InChI=1S/C17H20FNOS/c1-12-5-13(2)7-14(6-12)10-21(20)11-15-3-4-17(18)8-16(15)9-19/h3-8H,9-11,19H2,1-2H3. The molecule has 2 aromatic rings. The number of aryl methyl sites for hydroxylation is 2. The van der Waals surface area contributed by atoms with Crippen LogP contribution < -0.4 is 5.73 Å². The average molecular weight is 305 g/mol. The lowest BCUT2D eigenvalue weighted by atomic mass is 10.1. The van der Waals surface area contributed by atoms with Crippen molar-refractivity contribution in [1.82, 2.24) is 0 Å². The number of benzene rings is 2. The van der Waals surface area contributed by atoms with Gasteiger partial charge in [0.05, 0.1) is 0 Å². The van der Waals surface area contributed by atoms with Crippen LogP contribution in [0.1, 0.15) is 27.8 Å². The molecule has 0 heterocycles.